The average molecular weight is 694 g/mol. The molecular weight excluding hydrogens is 651 g/mol. The minimum absolute atomic E-state index is 0.0765. The van der Waals surface area contributed by atoms with Crippen LogP contribution in [0, 0.1) is 17.3 Å². The smallest absolute Gasteiger partial charge is 0.0467 e. The summed E-state index contributed by atoms with van der Waals surface area (Å²) >= 11 is 0. The Hall–Kier alpha value is -5.66. The molecule has 0 aliphatic heterocycles. The van der Waals surface area contributed by atoms with Gasteiger partial charge in [0.2, 0.25) is 0 Å². The predicted molar refractivity (Wildman–Crippen MR) is 224 cm³/mol. The van der Waals surface area contributed by atoms with Crippen LogP contribution in [0.2, 0.25) is 0 Å². The predicted octanol–water partition coefficient (Wildman–Crippen LogP) is 13.9. The van der Waals surface area contributed by atoms with Gasteiger partial charge >= 0.3 is 0 Å². The van der Waals surface area contributed by atoms with Crippen LogP contribution < -0.4 is 4.90 Å². The lowest BCUT2D eigenvalue weighted by atomic mass is 9.57. The SMILES string of the molecule is CC1(C)c2ccccc2-c2ccc(N(c3ccc(-c4ccc5c(c4)C4(CC6CC67CCC47)c4ccccc4-5)cc3)c3cccc(-c4ccccc4)c3)cc21. The van der Waals surface area contributed by atoms with Gasteiger partial charge in [-0.2, -0.15) is 0 Å². The fourth-order valence-electron chi connectivity index (χ4n) is 12.0. The quantitative estimate of drug-likeness (QED) is 0.173. The second-order valence-corrected chi connectivity index (χ2v) is 17.4. The van der Waals surface area contributed by atoms with Crippen LogP contribution in [0.15, 0.2) is 164 Å². The number of anilines is 3. The number of benzene rings is 7. The molecule has 4 unspecified atom stereocenters. The van der Waals surface area contributed by atoms with E-state index in [1.165, 1.54) is 87.0 Å². The third-order valence-electron chi connectivity index (χ3n) is 14.7. The van der Waals surface area contributed by atoms with Gasteiger partial charge in [-0.25, -0.2) is 0 Å². The van der Waals surface area contributed by atoms with Crippen LogP contribution in [0.1, 0.15) is 61.8 Å². The number of nitrogens with zero attached hydrogens (tertiary/aromatic N) is 1. The van der Waals surface area contributed by atoms with Gasteiger partial charge in [-0.05, 0) is 152 Å². The molecule has 0 radical (unpaired) electrons. The summed E-state index contributed by atoms with van der Waals surface area (Å²) in [6, 6.07) is 61.9. The van der Waals surface area contributed by atoms with Crippen molar-refractivity contribution >= 4 is 17.1 Å². The van der Waals surface area contributed by atoms with Gasteiger partial charge in [0.15, 0.2) is 0 Å². The Morgan fingerprint density at radius 3 is 1.81 bits per heavy atom. The Balaban J connectivity index is 0.964. The molecule has 0 saturated heterocycles. The van der Waals surface area contributed by atoms with Crippen molar-refractivity contribution in [3.8, 4) is 44.5 Å². The highest BCUT2D eigenvalue weighted by Gasteiger charge is 2.76. The van der Waals surface area contributed by atoms with Crippen molar-refractivity contribution in [1.29, 1.82) is 0 Å². The third-order valence-corrected chi connectivity index (χ3v) is 14.7. The van der Waals surface area contributed by atoms with Crippen LogP contribution in [0.25, 0.3) is 44.5 Å². The molecule has 5 aliphatic carbocycles. The molecule has 7 aromatic rings. The van der Waals surface area contributed by atoms with E-state index < -0.39 is 0 Å². The molecular formula is C53H43N. The maximum absolute atomic E-state index is 2.59. The summed E-state index contributed by atoms with van der Waals surface area (Å²) in [4.78, 5) is 2.45. The van der Waals surface area contributed by atoms with Gasteiger partial charge in [0.1, 0.15) is 0 Å². The zero-order chi connectivity index (χ0) is 35.8. The highest BCUT2D eigenvalue weighted by molar-refractivity contribution is 5.88. The molecule has 0 amide bonds. The van der Waals surface area contributed by atoms with Crippen LogP contribution in [0.5, 0.6) is 0 Å². The Bertz CT molecular complexity index is 2660. The van der Waals surface area contributed by atoms with E-state index in [2.05, 4.69) is 183 Å². The molecule has 0 aromatic heterocycles. The number of fused-ring (bicyclic) bond motifs is 9. The fourth-order valence-corrected chi connectivity index (χ4v) is 12.0. The van der Waals surface area contributed by atoms with Gasteiger partial charge in [0.05, 0.1) is 0 Å². The fraction of sp³-hybridized carbons (Fsp3) is 0.208. The van der Waals surface area contributed by atoms with Gasteiger partial charge in [-0.3, -0.25) is 0 Å². The van der Waals surface area contributed by atoms with Gasteiger partial charge in [0.25, 0.3) is 0 Å². The zero-order valence-electron chi connectivity index (χ0n) is 31.0. The van der Waals surface area contributed by atoms with Crippen molar-refractivity contribution in [3.05, 3.63) is 186 Å². The second kappa shape index (κ2) is 10.7. The minimum Gasteiger partial charge on any atom is -0.310 e. The number of hydrogen-bond acceptors (Lipinski definition) is 1. The largest absolute Gasteiger partial charge is 0.310 e. The Morgan fingerprint density at radius 1 is 0.444 bits per heavy atom. The molecule has 0 heterocycles. The summed E-state index contributed by atoms with van der Waals surface area (Å²) in [6.07, 6.45) is 5.64. The second-order valence-electron chi connectivity index (χ2n) is 17.4. The maximum Gasteiger partial charge on any atom is 0.0467 e. The molecule has 0 N–H and O–H groups in total. The van der Waals surface area contributed by atoms with E-state index in [-0.39, 0.29) is 10.8 Å². The highest BCUT2D eigenvalue weighted by Crippen LogP contribution is 2.83. The van der Waals surface area contributed by atoms with E-state index in [0.29, 0.717) is 5.41 Å². The highest BCUT2D eigenvalue weighted by atomic mass is 15.1. The average Bonchev–Trinajstić information content (AvgIpc) is 3.78. The molecule has 4 atom stereocenters. The Morgan fingerprint density at radius 2 is 1.04 bits per heavy atom. The van der Waals surface area contributed by atoms with Crippen LogP contribution in [-0.2, 0) is 10.8 Å². The summed E-state index contributed by atoms with van der Waals surface area (Å²) < 4.78 is 0. The van der Waals surface area contributed by atoms with E-state index in [1.807, 2.05) is 0 Å². The van der Waals surface area contributed by atoms with E-state index in [0.717, 1.165) is 23.2 Å². The first-order valence-corrected chi connectivity index (χ1v) is 20.0. The van der Waals surface area contributed by atoms with Crippen molar-refractivity contribution in [2.24, 2.45) is 17.3 Å². The summed E-state index contributed by atoms with van der Waals surface area (Å²) in [7, 11) is 0. The van der Waals surface area contributed by atoms with Gasteiger partial charge in [-0.1, -0.05) is 135 Å². The summed E-state index contributed by atoms with van der Waals surface area (Å²) in [5.74, 6) is 1.73. The molecule has 2 spiro atoms. The Kier molecular flexibility index (Phi) is 6.11. The van der Waals surface area contributed by atoms with Crippen LogP contribution in [0.4, 0.5) is 17.1 Å². The molecule has 12 rings (SSSR count). The zero-order valence-corrected chi connectivity index (χ0v) is 31.0. The molecule has 260 valence electrons. The van der Waals surface area contributed by atoms with Gasteiger partial charge in [0, 0.05) is 27.9 Å². The normalized spacial score (nSPS) is 24.1. The minimum atomic E-state index is -0.0765. The Labute approximate surface area is 319 Å². The lowest BCUT2D eigenvalue weighted by Crippen LogP contribution is -2.41. The topological polar surface area (TPSA) is 3.24 Å². The molecule has 1 nitrogen and oxygen atoms in total. The molecule has 3 saturated carbocycles. The third kappa shape index (κ3) is 4.00. The monoisotopic (exact) mass is 693 g/mol. The van der Waals surface area contributed by atoms with E-state index in [9.17, 15) is 0 Å². The molecule has 7 aromatic carbocycles. The van der Waals surface area contributed by atoms with E-state index in [1.54, 1.807) is 11.1 Å². The maximum atomic E-state index is 2.59. The van der Waals surface area contributed by atoms with Crippen molar-refractivity contribution < 1.29 is 0 Å². The van der Waals surface area contributed by atoms with Crippen LogP contribution in [-0.4, -0.2) is 0 Å². The van der Waals surface area contributed by atoms with Crippen molar-refractivity contribution in [3.63, 3.8) is 0 Å². The molecule has 0 bridgehead atoms. The first-order valence-electron chi connectivity index (χ1n) is 20.0. The van der Waals surface area contributed by atoms with Crippen molar-refractivity contribution in [1.82, 2.24) is 0 Å². The lowest BCUT2D eigenvalue weighted by molar-refractivity contribution is 0.114. The first-order chi connectivity index (χ1) is 26.5. The van der Waals surface area contributed by atoms with Crippen molar-refractivity contribution in [2.75, 3.05) is 4.90 Å². The van der Waals surface area contributed by atoms with E-state index in [4.69, 9.17) is 0 Å². The first kappa shape index (κ1) is 30.8. The molecule has 5 aliphatic rings. The summed E-state index contributed by atoms with van der Waals surface area (Å²) in [5, 5.41) is 0. The summed E-state index contributed by atoms with van der Waals surface area (Å²) in [5.41, 5.74) is 21.0. The van der Waals surface area contributed by atoms with Crippen LogP contribution in [0.3, 0.4) is 0 Å². The molecule has 3 fully saturated rings. The van der Waals surface area contributed by atoms with Crippen LogP contribution >= 0.6 is 0 Å². The van der Waals surface area contributed by atoms with Crippen molar-refractivity contribution in [2.45, 2.75) is 50.4 Å². The molecule has 1 heteroatoms. The van der Waals surface area contributed by atoms with Gasteiger partial charge in [-0.15, -0.1) is 0 Å². The molecule has 54 heavy (non-hydrogen) atoms. The lowest BCUT2D eigenvalue weighted by Gasteiger charge is -2.46. The number of rotatable bonds is 5. The standard InChI is InChI=1S/C53H43N/c1-51(2)46-17-8-6-15-42(46)44-26-24-41(31-48(44)51)54(40-14-10-13-36(29-40)34-11-4-3-5-12-34)39-22-19-35(20-23-39)37-21-25-45-43-16-7-9-18-47(43)53(49(45)30-37)33-38-32-52(38)28-27-50(52)53/h3-26,29-31,38,50H,27-28,32-33H2,1-2H3. The van der Waals surface area contributed by atoms with E-state index >= 15 is 0 Å². The van der Waals surface area contributed by atoms with Gasteiger partial charge < -0.3 is 4.90 Å². The number of hydrogen-bond donors (Lipinski definition) is 0. The summed E-state index contributed by atoms with van der Waals surface area (Å²) in [6.45, 7) is 4.74.